The van der Waals surface area contributed by atoms with Crippen molar-refractivity contribution < 1.29 is 9.47 Å². The fourth-order valence-corrected chi connectivity index (χ4v) is 2.92. The summed E-state index contributed by atoms with van der Waals surface area (Å²) in [4.78, 5) is 0. The SMILES string of the molecule is c1nnsc1NC1CCC2(CC1)OCCO2. The molecule has 2 heterocycles. The van der Waals surface area contributed by atoms with Crippen molar-refractivity contribution in [3.63, 3.8) is 0 Å². The molecule has 0 radical (unpaired) electrons. The molecule has 1 aliphatic carbocycles. The van der Waals surface area contributed by atoms with Crippen molar-refractivity contribution in [1.29, 1.82) is 0 Å². The van der Waals surface area contributed by atoms with Crippen LogP contribution >= 0.6 is 11.5 Å². The zero-order valence-corrected chi connectivity index (χ0v) is 9.83. The van der Waals surface area contributed by atoms with Gasteiger partial charge in [0.2, 0.25) is 0 Å². The van der Waals surface area contributed by atoms with Crippen molar-refractivity contribution in [2.24, 2.45) is 0 Å². The Morgan fingerprint density at radius 1 is 1.31 bits per heavy atom. The smallest absolute Gasteiger partial charge is 0.168 e. The largest absolute Gasteiger partial charge is 0.372 e. The van der Waals surface area contributed by atoms with Crippen LogP contribution in [-0.2, 0) is 9.47 Å². The molecular weight excluding hydrogens is 226 g/mol. The predicted octanol–water partition coefficient (Wildman–Crippen LogP) is 1.64. The van der Waals surface area contributed by atoms with E-state index in [1.807, 2.05) is 0 Å². The molecule has 1 aliphatic heterocycles. The lowest BCUT2D eigenvalue weighted by Crippen LogP contribution is -2.39. The van der Waals surface area contributed by atoms with Crippen molar-refractivity contribution in [2.75, 3.05) is 18.5 Å². The van der Waals surface area contributed by atoms with Gasteiger partial charge in [-0.05, 0) is 12.8 Å². The van der Waals surface area contributed by atoms with Gasteiger partial charge in [-0.25, -0.2) is 0 Å². The highest BCUT2D eigenvalue weighted by molar-refractivity contribution is 7.09. The lowest BCUT2D eigenvalue weighted by Gasteiger charge is -2.35. The van der Waals surface area contributed by atoms with Gasteiger partial charge in [-0.15, -0.1) is 5.10 Å². The average molecular weight is 241 g/mol. The van der Waals surface area contributed by atoms with Crippen LogP contribution in [0.15, 0.2) is 6.20 Å². The van der Waals surface area contributed by atoms with Gasteiger partial charge in [0.15, 0.2) is 5.79 Å². The Morgan fingerprint density at radius 3 is 2.69 bits per heavy atom. The quantitative estimate of drug-likeness (QED) is 0.853. The molecule has 1 N–H and O–H groups in total. The van der Waals surface area contributed by atoms with Crippen molar-refractivity contribution >= 4 is 16.5 Å². The summed E-state index contributed by atoms with van der Waals surface area (Å²) in [5, 5.41) is 8.32. The molecular formula is C10H15N3O2S. The number of rotatable bonds is 2. The minimum atomic E-state index is -0.260. The number of ether oxygens (including phenoxy) is 2. The minimum Gasteiger partial charge on any atom is -0.372 e. The van der Waals surface area contributed by atoms with Gasteiger partial charge in [0.05, 0.1) is 19.4 Å². The van der Waals surface area contributed by atoms with Crippen LogP contribution in [0, 0.1) is 0 Å². The van der Waals surface area contributed by atoms with Crippen molar-refractivity contribution in [1.82, 2.24) is 9.59 Å². The van der Waals surface area contributed by atoms with E-state index in [-0.39, 0.29) is 5.79 Å². The molecule has 0 aromatic carbocycles. The molecule has 0 bridgehead atoms. The van der Waals surface area contributed by atoms with Crippen molar-refractivity contribution in [2.45, 2.75) is 37.5 Å². The van der Waals surface area contributed by atoms with Crippen molar-refractivity contribution in [3.05, 3.63) is 6.20 Å². The van der Waals surface area contributed by atoms with Gasteiger partial charge in [-0.3, -0.25) is 0 Å². The summed E-state index contributed by atoms with van der Waals surface area (Å²) >= 11 is 1.41. The lowest BCUT2D eigenvalue weighted by molar-refractivity contribution is -0.177. The standard InChI is InChI=1S/C10H15N3O2S/c1-3-10(14-5-6-15-10)4-2-8(1)12-9-7-11-13-16-9/h7-8,12H,1-6H2. The van der Waals surface area contributed by atoms with E-state index in [0.29, 0.717) is 6.04 Å². The van der Waals surface area contributed by atoms with Crippen LogP contribution in [0.1, 0.15) is 25.7 Å². The Bertz CT molecular complexity index is 328. The van der Waals surface area contributed by atoms with E-state index in [4.69, 9.17) is 9.47 Å². The molecule has 0 unspecified atom stereocenters. The van der Waals surface area contributed by atoms with Crippen LogP contribution in [0.4, 0.5) is 5.00 Å². The summed E-state index contributed by atoms with van der Waals surface area (Å²) in [5.74, 6) is -0.260. The maximum absolute atomic E-state index is 5.69. The first kappa shape index (κ1) is 10.4. The Morgan fingerprint density at radius 2 is 2.06 bits per heavy atom. The van der Waals surface area contributed by atoms with Gasteiger partial charge in [0, 0.05) is 30.4 Å². The maximum atomic E-state index is 5.69. The Kier molecular flexibility index (Phi) is 2.79. The third kappa shape index (κ3) is 2.05. The lowest BCUT2D eigenvalue weighted by atomic mass is 9.90. The molecule has 6 heteroatoms. The van der Waals surface area contributed by atoms with E-state index >= 15 is 0 Å². The Labute approximate surface area is 98.3 Å². The third-order valence-corrected chi connectivity index (χ3v) is 3.86. The predicted molar refractivity (Wildman–Crippen MR) is 60.4 cm³/mol. The first-order valence-electron chi connectivity index (χ1n) is 5.68. The summed E-state index contributed by atoms with van der Waals surface area (Å²) in [6.07, 6.45) is 5.90. The molecule has 1 spiro atoms. The van der Waals surface area contributed by atoms with Crippen LogP contribution in [0.5, 0.6) is 0 Å². The summed E-state index contributed by atoms with van der Waals surface area (Å²) < 4.78 is 15.2. The Balaban J connectivity index is 1.54. The number of aromatic nitrogens is 2. The second-order valence-electron chi connectivity index (χ2n) is 4.31. The Hall–Kier alpha value is -0.720. The van der Waals surface area contributed by atoms with Crippen LogP contribution in [0.2, 0.25) is 0 Å². The molecule has 3 rings (SSSR count). The van der Waals surface area contributed by atoms with Crippen LogP contribution < -0.4 is 5.32 Å². The summed E-state index contributed by atoms with van der Waals surface area (Å²) in [6, 6.07) is 0.501. The number of hydrogen-bond acceptors (Lipinski definition) is 6. The molecule has 88 valence electrons. The number of nitrogens with zero attached hydrogens (tertiary/aromatic N) is 2. The highest BCUT2D eigenvalue weighted by Crippen LogP contribution is 2.36. The third-order valence-electron chi connectivity index (χ3n) is 3.27. The second kappa shape index (κ2) is 4.27. The van der Waals surface area contributed by atoms with Gasteiger partial charge in [0.25, 0.3) is 0 Å². The molecule has 0 atom stereocenters. The first-order chi connectivity index (χ1) is 7.86. The van der Waals surface area contributed by atoms with Crippen LogP contribution in [0.25, 0.3) is 0 Å². The van der Waals surface area contributed by atoms with Gasteiger partial charge < -0.3 is 14.8 Å². The number of nitrogens with one attached hydrogen (secondary N) is 1. The highest BCUT2D eigenvalue weighted by Gasteiger charge is 2.40. The minimum absolute atomic E-state index is 0.260. The van der Waals surface area contributed by atoms with Gasteiger partial charge >= 0.3 is 0 Å². The highest BCUT2D eigenvalue weighted by atomic mass is 32.1. The zero-order valence-electron chi connectivity index (χ0n) is 9.02. The zero-order chi connectivity index (χ0) is 10.8. The average Bonchev–Trinajstić information content (AvgIpc) is 2.94. The normalized spacial score (nSPS) is 25.0. The molecule has 16 heavy (non-hydrogen) atoms. The van der Waals surface area contributed by atoms with Crippen molar-refractivity contribution in [3.8, 4) is 0 Å². The summed E-state index contributed by atoms with van der Waals surface area (Å²) in [7, 11) is 0. The second-order valence-corrected chi connectivity index (χ2v) is 5.09. The molecule has 2 aliphatic rings. The van der Waals surface area contributed by atoms with E-state index < -0.39 is 0 Å². The molecule has 1 aromatic rings. The maximum Gasteiger partial charge on any atom is 0.168 e. The summed E-state index contributed by atoms with van der Waals surface area (Å²) in [5.41, 5.74) is 0. The van der Waals surface area contributed by atoms with E-state index in [0.717, 1.165) is 43.9 Å². The topological polar surface area (TPSA) is 56.3 Å². The monoisotopic (exact) mass is 241 g/mol. The van der Waals surface area contributed by atoms with Gasteiger partial charge in [0.1, 0.15) is 5.00 Å². The molecule has 1 saturated heterocycles. The van der Waals surface area contributed by atoms with Gasteiger partial charge in [-0.2, -0.15) is 0 Å². The van der Waals surface area contributed by atoms with Crippen LogP contribution in [0.3, 0.4) is 0 Å². The molecule has 1 saturated carbocycles. The van der Waals surface area contributed by atoms with Crippen LogP contribution in [-0.4, -0.2) is 34.6 Å². The molecule has 1 aromatic heterocycles. The summed E-state index contributed by atoms with van der Waals surface area (Å²) in [6.45, 7) is 1.49. The molecule has 5 nitrogen and oxygen atoms in total. The molecule has 2 fully saturated rings. The fourth-order valence-electron chi connectivity index (χ4n) is 2.42. The number of hydrogen-bond donors (Lipinski definition) is 1. The van der Waals surface area contributed by atoms with E-state index in [1.165, 1.54) is 11.5 Å². The van der Waals surface area contributed by atoms with E-state index in [9.17, 15) is 0 Å². The van der Waals surface area contributed by atoms with E-state index in [2.05, 4.69) is 14.9 Å². The van der Waals surface area contributed by atoms with Gasteiger partial charge in [-0.1, -0.05) is 4.49 Å². The van der Waals surface area contributed by atoms with E-state index in [1.54, 1.807) is 6.20 Å². The molecule has 0 amide bonds. The first-order valence-corrected chi connectivity index (χ1v) is 6.45. The fraction of sp³-hybridized carbons (Fsp3) is 0.800. The number of anilines is 1.